The van der Waals surface area contributed by atoms with Crippen LogP contribution < -0.4 is 0 Å². The first kappa shape index (κ1) is 18.6. The average molecular weight is 309 g/mol. The molecular weight excluding hydrogens is 282 g/mol. The van der Waals surface area contributed by atoms with Crippen molar-refractivity contribution in [3.63, 3.8) is 0 Å². The van der Waals surface area contributed by atoms with E-state index in [2.05, 4.69) is 22.2 Å². The second kappa shape index (κ2) is 9.57. The summed E-state index contributed by atoms with van der Waals surface area (Å²) in [4.78, 5) is 4.40. The normalized spacial score (nSPS) is 9.30. The summed E-state index contributed by atoms with van der Waals surface area (Å²) in [5, 5.41) is 4.42. The second-order valence-corrected chi connectivity index (χ2v) is 4.65. The Labute approximate surface area is 140 Å². The van der Waals surface area contributed by atoms with Crippen LogP contribution in [-0.4, -0.2) is 14.8 Å². The van der Waals surface area contributed by atoms with Crippen LogP contribution in [0.1, 0.15) is 39.1 Å². The number of nitrogens with zero attached hydrogens (tertiary/aromatic N) is 3. The van der Waals surface area contributed by atoms with Gasteiger partial charge in [-0.25, -0.2) is 4.68 Å². The summed E-state index contributed by atoms with van der Waals surface area (Å²) < 4.78 is 1.89. The first-order valence-electron chi connectivity index (χ1n) is 8.28. The summed E-state index contributed by atoms with van der Waals surface area (Å²) >= 11 is 0. The third kappa shape index (κ3) is 5.06. The maximum atomic E-state index is 4.42. The van der Waals surface area contributed by atoms with Crippen LogP contribution in [0.2, 0.25) is 0 Å². The number of aromatic nitrogens is 3. The molecule has 0 bridgehead atoms. The van der Waals surface area contributed by atoms with Gasteiger partial charge in [-0.3, -0.25) is 4.98 Å². The fraction of sp³-hybridized carbons (Fsp3) is 0.300. The maximum absolute atomic E-state index is 4.42. The van der Waals surface area contributed by atoms with Crippen molar-refractivity contribution in [3.8, 4) is 16.8 Å². The first-order valence-corrected chi connectivity index (χ1v) is 8.28. The average Bonchev–Trinajstić information content (AvgIpc) is 3.09. The van der Waals surface area contributed by atoms with Gasteiger partial charge in [-0.2, -0.15) is 5.10 Å². The summed E-state index contributed by atoms with van der Waals surface area (Å²) in [6, 6.07) is 14.3. The lowest BCUT2D eigenvalue weighted by Crippen LogP contribution is -1.92. The Morgan fingerprint density at radius 1 is 0.783 bits per heavy atom. The SMILES string of the molecule is CC.CC.Cc1cc(-c2cnn(-c3ccccc3)c2)cc(C)n1. The van der Waals surface area contributed by atoms with E-state index in [0.29, 0.717) is 0 Å². The van der Waals surface area contributed by atoms with Gasteiger partial charge in [0.25, 0.3) is 0 Å². The molecule has 0 N–H and O–H groups in total. The Morgan fingerprint density at radius 3 is 1.91 bits per heavy atom. The van der Waals surface area contributed by atoms with Gasteiger partial charge in [0.2, 0.25) is 0 Å². The minimum Gasteiger partial charge on any atom is -0.258 e. The van der Waals surface area contributed by atoms with E-state index in [4.69, 9.17) is 0 Å². The van der Waals surface area contributed by atoms with E-state index < -0.39 is 0 Å². The number of pyridine rings is 1. The molecule has 2 aromatic heterocycles. The van der Waals surface area contributed by atoms with Crippen LogP contribution in [0.5, 0.6) is 0 Å². The van der Waals surface area contributed by atoms with Crippen molar-refractivity contribution in [1.29, 1.82) is 0 Å². The Bertz CT molecular complexity index is 680. The van der Waals surface area contributed by atoms with Gasteiger partial charge >= 0.3 is 0 Å². The van der Waals surface area contributed by atoms with Crippen LogP contribution in [0.3, 0.4) is 0 Å². The van der Waals surface area contributed by atoms with E-state index in [0.717, 1.165) is 28.2 Å². The largest absolute Gasteiger partial charge is 0.258 e. The topological polar surface area (TPSA) is 30.7 Å². The predicted molar refractivity (Wildman–Crippen MR) is 99.0 cm³/mol. The molecule has 0 atom stereocenters. The van der Waals surface area contributed by atoms with Gasteiger partial charge in [0, 0.05) is 23.1 Å². The lowest BCUT2D eigenvalue weighted by atomic mass is 10.1. The molecule has 3 rings (SSSR count). The Hall–Kier alpha value is -2.42. The van der Waals surface area contributed by atoms with Crippen molar-refractivity contribution in [3.05, 3.63) is 66.2 Å². The molecule has 0 saturated carbocycles. The zero-order valence-electron chi connectivity index (χ0n) is 15.0. The molecule has 3 aromatic rings. The summed E-state index contributed by atoms with van der Waals surface area (Å²) in [6.07, 6.45) is 3.94. The number of rotatable bonds is 2. The van der Waals surface area contributed by atoms with Crippen molar-refractivity contribution in [1.82, 2.24) is 14.8 Å². The summed E-state index contributed by atoms with van der Waals surface area (Å²) in [5.41, 5.74) is 5.39. The number of aryl methyl sites for hydroxylation is 2. The lowest BCUT2D eigenvalue weighted by molar-refractivity contribution is 0.881. The molecule has 0 aliphatic heterocycles. The maximum Gasteiger partial charge on any atom is 0.0645 e. The highest BCUT2D eigenvalue weighted by Crippen LogP contribution is 2.21. The fourth-order valence-electron chi connectivity index (χ4n) is 2.19. The van der Waals surface area contributed by atoms with Crippen LogP contribution in [0.25, 0.3) is 16.8 Å². The second-order valence-electron chi connectivity index (χ2n) is 4.65. The van der Waals surface area contributed by atoms with Crippen molar-refractivity contribution < 1.29 is 0 Å². The van der Waals surface area contributed by atoms with Crippen molar-refractivity contribution in [2.24, 2.45) is 0 Å². The number of para-hydroxylation sites is 1. The minimum absolute atomic E-state index is 1.03. The molecule has 0 aliphatic rings. The van der Waals surface area contributed by atoms with Gasteiger partial charge in [-0.1, -0.05) is 45.9 Å². The zero-order chi connectivity index (χ0) is 17.2. The van der Waals surface area contributed by atoms with E-state index >= 15 is 0 Å². The van der Waals surface area contributed by atoms with E-state index in [1.807, 2.05) is 88.9 Å². The zero-order valence-corrected chi connectivity index (χ0v) is 15.0. The predicted octanol–water partition coefficient (Wildman–Crippen LogP) is 5.60. The third-order valence-electron chi connectivity index (χ3n) is 3.02. The molecule has 1 aromatic carbocycles. The highest BCUT2D eigenvalue weighted by atomic mass is 15.3. The minimum atomic E-state index is 1.03. The number of hydrogen-bond donors (Lipinski definition) is 0. The molecule has 0 spiro atoms. The first-order chi connectivity index (χ1) is 11.2. The number of hydrogen-bond acceptors (Lipinski definition) is 2. The molecule has 0 unspecified atom stereocenters. The highest BCUT2D eigenvalue weighted by molar-refractivity contribution is 5.63. The Morgan fingerprint density at radius 2 is 1.35 bits per heavy atom. The van der Waals surface area contributed by atoms with Gasteiger partial charge in [0.1, 0.15) is 0 Å². The lowest BCUT2D eigenvalue weighted by Gasteiger charge is -2.02. The summed E-state index contributed by atoms with van der Waals surface area (Å²) in [5.74, 6) is 0. The Kier molecular flexibility index (Phi) is 7.75. The third-order valence-corrected chi connectivity index (χ3v) is 3.02. The molecule has 0 aliphatic carbocycles. The van der Waals surface area contributed by atoms with Gasteiger partial charge in [0.15, 0.2) is 0 Å². The summed E-state index contributed by atoms with van der Waals surface area (Å²) in [6.45, 7) is 12.0. The van der Waals surface area contributed by atoms with Crippen LogP contribution in [-0.2, 0) is 0 Å². The van der Waals surface area contributed by atoms with Crippen LogP contribution in [0, 0.1) is 13.8 Å². The van der Waals surface area contributed by atoms with E-state index in [1.54, 1.807) is 0 Å². The van der Waals surface area contributed by atoms with Gasteiger partial charge in [-0.15, -0.1) is 0 Å². The van der Waals surface area contributed by atoms with Crippen LogP contribution >= 0.6 is 0 Å². The molecule has 3 nitrogen and oxygen atoms in total. The van der Waals surface area contributed by atoms with E-state index in [9.17, 15) is 0 Å². The monoisotopic (exact) mass is 309 g/mol. The highest BCUT2D eigenvalue weighted by Gasteiger charge is 2.04. The quantitative estimate of drug-likeness (QED) is 0.616. The van der Waals surface area contributed by atoms with Crippen LogP contribution in [0.4, 0.5) is 0 Å². The van der Waals surface area contributed by atoms with E-state index in [1.165, 1.54) is 0 Å². The molecule has 0 radical (unpaired) electrons. The van der Waals surface area contributed by atoms with Crippen molar-refractivity contribution in [2.75, 3.05) is 0 Å². The van der Waals surface area contributed by atoms with Gasteiger partial charge in [0.05, 0.1) is 11.9 Å². The molecule has 3 heteroatoms. The van der Waals surface area contributed by atoms with Crippen molar-refractivity contribution >= 4 is 0 Å². The van der Waals surface area contributed by atoms with Crippen LogP contribution in [0.15, 0.2) is 54.9 Å². The van der Waals surface area contributed by atoms with E-state index in [-0.39, 0.29) is 0 Å². The molecule has 0 amide bonds. The van der Waals surface area contributed by atoms with Crippen molar-refractivity contribution in [2.45, 2.75) is 41.5 Å². The molecular formula is C20H27N3. The molecule has 2 heterocycles. The Balaban J connectivity index is 0.000000615. The molecule has 0 saturated heterocycles. The standard InChI is InChI=1S/C16H15N3.2C2H6/c1-12-8-14(9-13(2)18-12)15-10-17-19(11-15)16-6-4-3-5-7-16;2*1-2/h3-11H,1-2H3;2*1-2H3. The number of benzene rings is 1. The molecule has 0 fully saturated rings. The molecule has 23 heavy (non-hydrogen) atoms. The van der Waals surface area contributed by atoms with Gasteiger partial charge in [-0.05, 0) is 43.7 Å². The molecule has 122 valence electrons. The summed E-state index contributed by atoms with van der Waals surface area (Å²) in [7, 11) is 0. The fourth-order valence-corrected chi connectivity index (χ4v) is 2.19. The van der Waals surface area contributed by atoms with Gasteiger partial charge < -0.3 is 0 Å². The smallest absolute Gasteiger partial charge is 0.0645 e.